The van der Waals surface area contributed by atoms with E-state index in [1.807, 2.05) is 0 Å². The number of hydrogen-bond acceptors (Lipinski definition) is 5. The largest absolute Gasteiger partial charge is 0.452 e. The molecule has 1 aromatic heterocycles. The summed E-state index contributed by atoms with van der Waals surface area (Å²) in [6.07, 6.45) is -3.79. The maximum absolute atomic E-state index is 12.0. The number of nitrogens with zero attached hydrogens (tertiary/aromatic N) is 2. The van der Waals surface area contributed by atoms with E-state index in [0.29, 0.717) is 31.0 Å². The molecule has 0 aliphatic heterocycles. The van der Waals surface area contributed by atoms with Crippen LogP contribution < -0.4 is 11.1 Å². The number of alkyl halides is 3. The van der Waals surface area contributed by atoms with Crippen LogP contribution in [-0.2, 0) is 6.18 Å². The number of anilines is 1. The van der Waals surface area contributed by atoms with Crippen LogP contribution in [0.1, 0.15) is 12.2 Å². The first kappa shape index (κ1) is 11.2. The van der Waals surface area contributed by atoms with Crippen molar-refractivity contribution in [2.24, 2.45) is 5.73 Å². The minimum atomic E-state index is -4.47. The average Bonchev–Trinajstić information content (AvgIpc) is 2.52. The highest BCUT2D eigenvalue weighted by atomic mass is 32.1. The van der Waals surface area contributed by atoms with E-state index < -0.39 is 12.0 Å². The van der Waals surface area contributed by atoms with Crippen LogP contribution in [0.4, 0.5) is 18.3 Å². The predicted octanol–water partition coefficient (Wildman–Crippen LogP) is 1.32. The van der Waals surface area contributed by atoms with Crippen molar-refractivity contribution in [1.29, 1.82) is 0 Å². The second kappa shape index (κ2) is 4.56. The fourth-order valence-electron chi connectivity index (χ4n) is 0.708. The molecule has 0 aliphatic rings. The van der Waals surface area contributed by atoms with E-state index >= 15 is 0 Å². The van der Waals surface area contributed by atoms with Crippen molar-refractivity contribution >= 4 is 16.7 Å². The van der Waals surface area contributed by atoms with Gasteiger partial charge in [0.2, 0.25) is 11.0 Å². The minimum Gasteiger partial charge on any atom is -0.360 e. The second-order valence-electron chi connectivity index (χ2n) is 2.49. The Kier molecular flexibility index (Phi) is 3.64. The van der Waals surface area contributed by atoms with E-state index in [-0.39, 0.29) is 5.13 Å². The predicted molar refractivity (Wildman–Crippen MR) is 47.1 cm³/mol. The van der Waals surface area contributed by atoms with Gasteiger partial charge in [-0.25, -0.2) is 0 Å². The zero-order valence-electron chi connectivity index (χ0n) is 7.14. The summed E-state index contributed by atoms with van der Waals surface area (Å²) in [5, 5.41) is 2.87. The van der Waals surface area contributed by atoms with Gasteiger partial charge in [-0.2, -0.15) is 22.5 Å². The second-order valence-corrected chi connectivity index (χ2v) is 3.24. The Morgan fingerprint density at radius 1 is 1.43 bits per heavy atom. The van der Waals surface area contributed by atoms with Crippen LogP contribution in [0, 0.1) is 0 Å². The molecule has 0 bridgehead atoms. The molecule has 1 rings (SSSR count). The molecule has 3 N–H and O–H groups in total. The normalized spacial score (nSPS) is 11.7. The first-order valence-corrected chi connectivity index (χ1v) is 4.66. The topological polar surface area (TPSA) is 63.8 Å². The average molecular weight is 226 g/mol. The Morgan fingerprint density at radius 2 is 2.14 bits per heavy atom. The van der Waals surface area contributed by atoms with Gasteiger partial charge in [-0.15, -0.1) is 0 Å². The Morgan fingerprint density at radius 3 is 2.64 bits per heavy atom. The number of aromatic nitrogens is 2. The van der Waals surface area contributed by atoms with Crippen molar-refractivity contribution in [3.8, 4) is 0 Å². The molecule has 8 heteroatoms. The molecule has 14 heavy (non-hydrogen) atoms. The van der Waals surface area contributed by atoms with Crippen LogP contribution in [0.3, 0.4) is 0 Å². The highest BCUT2D eigenvalue weighted by Gasteiger charge is 2.35. The van der Waals surface area contributed by atoms with Gasteiger partial charge in [-0.05, 0) is 13.0 Å². The van der Waals surface area contributed by atoms with E-state index in [1.165, 1.54) is 0 Å². The van der Waals surface area contributed by atoms with Crippen LogP contribution in [0.5, 0.6) is 0 Å². The van der Waals surface area contributed by atoms with Gasteiger partial charge >= 0.3 is 6.18 Å². The van der Waals surface area contributed by atoms with Gasteiger partial charge in [0.05, 0.1) is 0 Å². The molecular weight excluding hydrogens is 217 g/mol. The maximum Gasteiger partial charge on any atom is 0.452 e. The lowest BCUT2D eigenvalue weighted by Crippen LogP contribution is -2.10. The summed E-state index contributed by atoms with van der Waals surface area (Å²) in [6, 6.07) is 0. The Balaban J connectivity index is 2.51. The highest BCUT2D eigenvalue weighted by Crippen LogP contribution is 2.28. The number of halogens is 3. The lowest BCUT2D eigenvalue weighted by atomic mass is 10.4. The Labute approximate surface area is 82.5 Å². The molecule has 0 amide bonds. The van der Waals surface area contributed by atoms with Crippen molar-refractivity contribution < 1.29 is 13.2 Å². The summed E-state index contributed by atoms with van der Waals surface area (Å²) in [7, 11) is 0. The molecule has 0 atom stereocenters. The number of hydrogen-bond donors (Lipinski definition) is 2. The van der Waals surface area contributed by atoms with Gasteiger partial charge in [0.1, 0.15) is 0 Å². The fraction of sp³-hybridized carbons (Fsp3) is 0.667. The molecular formula is C6H9F3N4S. The molecule has 1 aromatic rings. The molecule has 0 unspecified atom stereocenters. The summed E-state index contributed by atoms with van der Waals surface area (Å²) in [5.41, 5.74) is 5.21. The van der Waals surface area contributed by atoms with Gasteiger partial charge in [0.15, 0.2) is 0 Å². The van der Waals surface area contributed by atoms with Crippen LogP contribution in [-0.4, -0.2) is 22.4 Å². The van der Waals surface area contributed by atoms with E-state index in [1.54, 1.807) is 0 Å². The Hall–Kier alpha value is -0.890. The quantitative estimate of drug-likeness (QED) is 0.760. The third-order valence-electron chi connectivity index (χ3n) is 1.34. The van der Waals surface area contributed by atoms with Crippen molar-refractivity contribution in [3.05, 3.63) is 5.82 Å². The fourth-order valence-corrected chi connectivity index (χ4v) is 1.32. The van der Waals surface area contributed by atoms with Crippen molar-refractivity contribution in [2.75, 3.05) is 18.4 Å². The van der Waals surface area contributed by atoms with Gasteiger partial charge < -0.3 is 11.1 Å². The van der Waals surface area contributed by atoms with Gasteiger partial charge in [-0.1, -0.05) is 0 Å². The molecule has 0 radical (unpaired) electrons. The number of nitrogens with two attached hydrogens (primary N) is 1. The molecule has 0 fully saturated rings. The minimum absolute atomic E-state index is 0.172. The monoisotopic (exact) mass is 226 g/mol. The third kappa shape index (κ3) is 3.11. The summed E-state index contributed by atoms with van der Waals surface area (Å²) >= 11 is 0.694. The molecule has 4 nitrogen and oxygen atoms in total. The lowest BCUT2D eigenvalue weighted by molar-refractivity contribution is -0.144. The number of nitrogens with one attached hydrogen (secondary N) is 1. The molecule has 1 heterocycles. The first-order chi connectivity index (χ1) is 6.54. The zero-order valence-corrected chi connectivity index (χ0v) is 7.95. The molecule has 0 aliphatic carbocycles. The van der Waals surface area contributed by atoms with Gasteiger partial charge in [-0.3, -0.25) is 0 Å². The highest BCUT2D eigenvalue weighted by molar-refractivity contribution is 7.09. The first-order valence-electron chi connectivity index (χ1n) is 3.89. The van der Waals surface area contributed by atoms with Crippen LogP contribution >= 0.6 is 11.5 Å². The lowest BCUT2D eigenvalue weighted by Gasteiger charge is -1.99. The summed E-state index contributed by atoms with van der Waals surface area (Å²) in [5.74, 6) is -1.10. The smallest absolute Gasteiger partial charge is 0.360 e. The van der Waals surface area contributed by atoms with E-state index in [4.69, 9.17) is 5.73 Å². The molecule has 0 spiro atoms. The van der Waals surface area contributed by atoms with Crippen LogP contribution in [0.15, 0.2) is 0 Å². The van der Waals surface area contributed by atoms with Crippen molar-refractivity contribution in [3.63, 3.8) is 0 Å². The van der Waals surface area contributed by atoms with Crippen LogP contribution in [0.25, 0.3) is 0 Å². The van der Waals surface area contributed by atoms with E-state index in [9.17, 15) is 13.2 Å². The van der Waals surface area contributed by atoms with Crippen molar-refractivity contribution in [1.82, 2.24) is 9.36 Å². The molecule has 80 valence electrons. The standard InChI is InChI=1S/C6H9F3N4S/c7-6(8,9)4-12-5(14-13-4)11-3-1-2-10/h1-3,10H2,(H,11,12,13). The molecule has 0 saturated heterocycles. The summed E-state index contributed by atoms with van der Waals surface area (Å²) in [4.78, 5) is 3.28. The Bertz CT molecular complexity index is 285. The maximum atomic E-state index is 12.0. The van der Waals surface area contributed by atoms with Crippen LogP contribution in [0.2, 0.25) is 0 Å². The number of rotatable bonds is 4. The van der Waals surface area contributed by atoms with E-state index in [0.717, 1.165) is 0 Å². The van der Waals surface area contributed by atoms with Gasteiger partial charge in [0.25, 0.3) is 0 Å². The van der Waals surface area contributed by atoms with E-state index in [2.05, 4.69) is 14.7 Å². The molecule has 0 saturated carbocycles. The molecule has 0 aromatic carbocycles. The summed E-state index contributed by atoms with van der Waals surface area (Å²) in [6.45, 7) is 0.987. The third-order valence-corrected chi connectivity index (χ3v) is 2.01. The van der Waals surface area contributed by atoms with Crippen molar-refractivity contribution in [2.45, 2.75) is 12.6 Å². The van der Waals surface area contributed by atoms with Gasteiger partial charge in [0, 0.05) is 18.1 Å². The SMILES string of the molecule is NCCCNc1nc(C(F)(F)F)ns1. The zero-order chi connectivity index (χ0) is 10.6. The summed E-state index contributed by atoms with van der Waals surface area (Å²) < 4.78 is 39.2.